The molecular weight excluding hydrogens is 250 g/mol. The van der Waals surface area contributed by atoms with Crippen molar-refractivity contribution in [2.45, 2.75) is 31.3 Å². The normalized spacial score (nSPS) is 23.1. The van der Waals surface area contributed by atoms with Gasteiger partial charge in [0.05, 0.1) is 5.54 Å². The first-order valence-electron chi connectivity index (χ1n) is 7.49. The summed E-state index contributed by atoms with van der Waals surface area (Å²) in [6, 6.07) is 11.1. The van der Waals surface area contributed by atoms with Crippen LogP contribution in [0.5, 0.6) is 0 Å². The summed E-state index contributed by atoms with van der Waals surface area (Å²) in [5.74, 6) is 0.0626. The molecule has 0 radical (unpaired) electrons. The Labute approximate surface area is 120 Å². The van der Waals surface area contributed by atoms with Gasteiger partial charge in [0.15, 0.2) is 0 Å². The van der Waals surface area contributed by atoms with Crippen LogP contribution in [0.3, 0.4) is 0 Å². The van der Waals surface area contributed by atoms with Crippen molar-refractivity contribution in [1.29, 1.82) is 0 Å². The van der Waals surface area contributed by atoms with Crippen LogP contribution in [0.15, 0.2) is 30.3 Å². The molecular formula is C16H23N3O. The highest BCUT2D eigenvalue weighted by Gasteiger charge is 2.39. The second kappa shape index (κ2) is 5.54. The molecule has 1 aromatic carbocycles. The maximum Gasteiger partial charge on any atom is 0.217 e. The summed E-state index contributed by atoms with van der Waals surface area (Å²) in [5.41, 5.74) is 1.06. The third-order valence-corrected chi connectivity index (χ3v) is 4.67. The summed E-state index contributed by atoms with van der Waals surface area (Å²) in [5, 5.41) is 6.56. The molecule has 0 aromatic heterocycles. The molecule has 2 aliphatic heterocycles. The molecule has 0 aliphatic carbocycles. The summed E-state index contributed by atoms with van der Waals surface area (Å²) >= 11 is 0. The van der Waals surface area contributed by atoms with E-state index in [-0.39, 0.29) is 11.4 Å². The Balaban J connectivity index is 1.76. The maximum atomic E-state index is 11.6. The van der Waals surface area contributed by atoms with E-state index in [9.17, 15) is 4.79 Å². The molecule has 2 saturated heterocycles. The van der Waals surface area contributed by atoms with Gasteiger partial charge in [0.1, 0.15) is 0 Å². The molecule has 0 atom stereocenters. The second-order valence-electron chi connectivity index (χ2n) is 5.98. The van der Waals surface area contributed by atoms with Crippen molar-refractivity contribution in [2.24, 2.45) is 0 Å². The van der Waals surface area contributed by atoms with Gasteiger partial charge in [-0.05, 0) is 18.4 Å². The van der Waals surface area contributed by atoms with Gasteiger partial charge in [0.25, 0.3) is 0 Å². The fourth-order valence-electron chi connectivity index (χ4n) is 3.38. The fraction of sp³-hybridized carbons (Fsp3) is 0.562. The van der Waals surface area contributed by atoms with E-state index in [2.05, 4.69) is 39.8 Å². The predicted molar refractivity (Wildman–Crippen MR) is 79.4 cm³/mol. The number of piperidine rings is 1. The van der Waals surface area contributed by atoms with Gasteiger partial charge in [-0.1, -0.05) is 30.3 Å². The van der Waals surface area contributed by atoms with Crippen molar-refractivity contribution in [3.05, 3.63) is 35.9 Å². The van der Waals surface area contributed by atoms with Gasteiger partial charge in [-0.15, -0.1) is 0 Å². The van der Waals surface area contributed by atoms with Crippen molar-refractivity contribution in [1.82, 2.24) is 15.5 Å². The van der Waals surface area contributed by atoms with Gasteiger partial charge in [0, 0.05) is 39.1 Å². The number of hydrogen-bond acceptors (Lipinski definition) is 3. The minimum atomic E-state index is -0.180. The first-order valence-corrected chi connectivity index (χ1v) is 7.49. The molecule has 3 rings (SSSR count). The number of benzene rings is 1. The summed E-state index contributed by atoms with van der Waals surface area (Å²) in [6.45, 7) is 5.95. The molecule has 108 valence electrons. The molecule has 2 aliphatic rings. The zero-order valence-electron chi connectivity index (χ0n) is 12.1. The van der Waals surface area contributed by atoms with Gasteiger partial charge in [-0.3, -0.25) is 9.69 Å². The number of rotatable bonds is 3. The highest BCUT2D eigenvalue weighted by molar-refractivity contribution is 5.74. The van der Waals surface area contributed by atoms with E-state index >= 15 is 0 Å². The van der Waals surface area contributed by atoms with Crippen LogP contribution in [0.2, 0.25) is 0 Å². The third-order valence-electron chi connectivity index (χ3n) is 4.67. The van der Waals surface area contributed by atoms with Crippen LogP contribution in [-0.2, 0) is 10.3 Å². The van der Waals surface area contributed by atoms with Crippen LogP contribution in [0.1, 0.15) is 25.3 Å². The summed E-state index contributed by atoms with van der Waals surface area (Å²) in [7, 11) is 0. The van der Waals surface area contributed by atoms with Gasteiger partial charge in [-0.2, -0.15) is 0 Å². The number of carbonyl (C=O) groups is 1. The van der Waals surface area contributed by atoms with E-state index in [1.165, 1.54) is 5.56 Å². The van der Waals surface area contributed by atoms with E-state index in [0.29, 0.717) is 6.04 Å². The van der Waals surface area contributed by atoms with Gasteiger partial charge >= 0.3 is 0 Å². The first kappa shape index (κ1) is 13.6. The summed E-state index contributed by atoms with van der Waals surface area (Å²) in [4.78, 5) is 14.2. The van der Waals surface area contributed by atoms with Crippen molar-refractivity contribution in [3.8, 4) is 0 Å². The van der Waals surface area contributed by atoms with E-state index in [4.69, 9.17) is 0 Å². The number of nitrogens with zero attached hydrogens (tertiary/aromatic N) is 1. The topological polar surface area (TPSA) is 44.4 Å². The van der Waals surface area contributed by atoms with Crippen molar-refractivity contribution in [2.75, 3.05) is 26.2 Å². The lowest BCUT2D eigenvalue weighted by Gasteiger charge is -2.47. The predicted octanol–water partition coefficient (Wildman–Crippen LogP) is 1.09. The van der Waals surface area contributed by atoms with Crippen molar-refractivity contribution >= 4 is 5.91 Å². The minimum Gasteiger partial charge on any atom is -0.347 e. The van der Waals surface area contributed by atoms with Gasteiger partial charge in [-0.25, -0.2) is 0 Å². The van der Waals surface area contributed by atoms with E-state index < -0.39 is 0 Å². The van der Waals surface area contributed by atoms with Crippen LogP contribution in [-0.4, -0.2) is 43.0 Å². The molecule has 4 nitrogen and oxygen atoms in total. The first-order chi connectivity index (χ1) is 9.70. The van der Waals surface area contributed by atoms with Crippen LogP contribution >= 0.6 is 0 Å². The van der Waals surface area contributed by atoms with Crippen molar-refractivity contribution < 1.29 is 4.79 Å². The van der Waals surface area contributed by atoms with E-state index in [0.717, 1.165) is 39.0 Å². The lowest BCUT2D eigenvalue weighted by molar-refractivity contribution is -0.121. The van der Waals surface area contributed by atoms with Gasteiger partial charge < -0.3 is 10.6 Å². The highest BCUT2D eigenvalue weighted by atomic mass is 16.1. The lowest BCUT2D eigenvalue weighted by atomic mass is 9.80. The average molecular weight is 273 g/mol. The average Bonchev–Trinajstić information content (AvgIpc) is 2.39. The zero-order valence-corrected chi connectivity index (χ0v) is 12.1. The minimum absolute atomic E-state index is 0.0626. The Morgan fingerprint density at radius 3 is 2.40 bits per heavy atom. The molecule has 0 saturated carbocycles. The largest absolute Gasteiger partial charge is 0.347 e. The number of nitrogens with one attached hydrogen (secondary N) is 2. The van der Waals surface area contributed by atoms with Crippen LogP contribution in [0.4, 0.5) is 0 Å². The molecule has 20 heavy (non-hydrogen) atoms. The zero-order chi connectivity index (χ0) is 14.0. The number of carbonyl (C=O) groups excluding carboxylic acids is 1. The fourth-order valence-corrected chi connectivity index (χ4v) is 3.38. The molecule has 1 aromatic rings. The summed E-state index contributed by atoms with van der Waals surface area (Å²) < 4.78 is 0. The van der Waals surface area contributed by atoms with Gasteiger partial charge in [0.2, 0.25) is 5.91 Å². The van der Waals surface area contributed by atoms with Crippen LogP contribution < -0.4 is 10.6 Å². The Morgan fingerprint density at radius 1 is 1.25 bits per heavy atom. The standard InChI is InChI=1S/C16H23N3O/c1-13(20)18-16(14-5-3-2-4-6-14)7-9-19(10-8-16)15-11-17-12-15/h2-6,15,17H,7-12H2,1H3,(H,18,20). The Kier molecular flexibility index (Phi) is 3.76. The maximum absolute atomic E-state index is 11.6. The molecule has 2 fully saturated rings. The molecule has 2 N–H and O–H groups in total. The van der Waals surface area contributed by atoms with Crippen LogP contribution in [0.25, 0.3) is 0 Å². The van der Waals surface area contributed by atoms with E-state index in [1.807, 2.05) is 6.07 Å². The van der Waals surface area contributed by atoms with Crippen LogP contribution in [0, 0.1) is 0 Å². The SMILES string of the molecule is CC(=O)NC1(c2ccccc2)CCN(C2CNC2)CC1. The summed E-state index contributed by atoms with van der Waals surface area (Å²) in [6.07, 6.45) is 1.99. The lowest BCUT2D eigenvalue weighted by Crippen LogP contribution is -2.62. The molecule has 1 amide bonds. The molecule has 2 heterocycles. The molecule has 0 spiro atoms. The molecule has 0 unspecified atom stereocenters. The molecule has 0 bridgehead atoms. The Hall–Kier alpha value is -1.39. The number of likely N-dealkylation sites (tertiary alicyclic amines) is 1. The smallest absolute Gasteiger partial charge is 0.217 e. The molecule has 4 heteroatoms. The van der Waals surface area contributed by atoms with Crippen molar-refractivity contribution in [3.63, 3.8) is 0 Å². The number of amides is 1. The third kappa shape index (κ3) is 2.58. The number of hydrogen-bond donors (Lipinski definition) is 2. The second-order valence-corrected chi connectivity index (χ2v) is 5.98. The highest BCUT2D eigenvalue weighted by Crippen LogP contribution is 2.33. The Morgan fingerprint density at radius 2 is 1.90 bits per heavy atom. The quantitative estimate of drug-likeness (QED) is 0.866. The van der Waals surface area contributed by atoms with E-state index in [1.54, 1.807) is 6.92 Å². The monoisotopic (exact) mass is 273 g/mol. The Bertz CT molecular complexity index is 462.